The van der Waals surface area contributed by atoms with E-state index in [1.807, 2.05) is 0 Å². The fraction of sp³-hybridized carbons (Fsp3) is 0.571. The molecule has 3 rings (SSSR count). The molecule has 0 fully saturated rings. The van der Waals surface area contributed by atoms with E-state index in [1.165, 1.54) is 13.0 Å². The molecule has 2 heterocycles. The van der Waals surface area contributed by atoms with E-state index in [0.717, 1.165) is 11.1 Å². The molecule has 0 aromatic carbocycles. The van der Waals surface area contributed by atoms with Crippen LogP contribution in [0.3, 0.4) is 0 Å². The molecule has 7 heteroatoms. The summed E-state index contributed by atoms with van der Waals surface area (Å²) < 4.78 is 22.9. The summed E-state index contributed by atoms with van der Waals surface area (Å²) in [5.41, 5.74) is 1.35. The molecule has 0 aromatic heterocycles. The highest BCUT2D eigenvalue weighted by Crippen LogP contribution is 2.46. The van der Waals surface area contributed by atoms with Crippen LogP contribution in [0, 0.1) is 0 Å². The number of esters is 3. The van der Waals surface area contributed by atoms with Crippen LogP contribution < -0.4 is 0 Å². The Balaban J connectivity index is 2.06. The van der Waals surface area contributed by atoms with Gasteiger partial charge in [0, 0.05) is 25.8 Å². The van der Waals surface area contributed by atoms with E-state index in [2.05, 4.69) is 0 Å². The monoisotopic (exact) mass is 390 g/mol. The summed E-state index contributed by atoms with van der Waals surface area (Å²) in [6.45, 7) is 8.43. The number of hydrogen-bond acceptors (Lipinski definition) is 7. The van der Waals surface area contributed by atoms with Crippen LogP contribution in [0.15, 0.2) is 34.3 Å². The van der Waals surface area contributed by atoms with Gasteiger partial charge >= 0.3 is 17.9 Å². The molecule has 2 atom stereocenters. The lowest BCUT2D eigenvalue weighted by Gasteiger charge is -2.46. The van der Waals surface area contributed by atoms with E-state index in [9.17, 15) is 14.4 Å². The lowest BCUT2D eigenvalue weighted by molar-refractivity contribution is -0.189. The van der Waals surface area contributed by atoms with Crippen molar-refractivity contribution >= 4 is 17.9 Å². The van der Waals surface area contributed by atoms with Gasteiger partial charge in [-0.05, 0) is 46.1 Å². The second-order valence-electron chi connectivity index (χ2n) is 8.06. The topological polar surface area (TPSA) is 88.1 Å². The number of carbonyl (C=O) groups excluding carboxylic acids is 3. The van der Waals surface area contributed by atoms with Crippen molar-refractivity contribution in [3.63, 3.8) is 0 Å². The molecule has 152 valence electrons. The molecular formula is C21H26O7. The molecule has 1 aliphatic carbocycles. The van der Waals surface area contributed by atoms with E-state index in [-0.39, 0.29) is 5.97 Å². The lowest BCUT2D eigenvalue weighted by atomic mass is 9.81. The first-order valence-electron chi connectivity index (χ1n) is 9.46. The van der Waals surface area contributed by atoms with Crippen LogP contribution in [0.2, 0.25) is 0 Å². The first kappa shape index (κ1) is 20.2. The smallest absolute Gasteiger partial charge is 0.331 e. The Hall–Kier alpha value is -2.57. The summed E-state index contributed by atoms with van der Waals surface area (Å²) >= 11 is 0. The number of rotatable bonds is 3. The minimum absolute atomic E-state index is 0.324. The molecular weight excluding hydrogens is 364 g/mol. The molecule has 3 aliphatic rings. The third-order valence-electron chi connectivity index (χ3n) is 4.94. The van der Waals surface area contributed by atoms with Gasteiger partial charge in [0.2, 0.25) is 0 Å². The highest BCUT2D eigenvalue weighted by molar-refractivity contribution is 5.83. The fourth-order valence-electron chi connectivity index (χ4n) is 3.80. The highest BCUT2D eigenvalue weighted by Gasteiger charge is 2.52. The zero-order valence-corrected chi connectivity index (χ0v) is 16.9. The number of hydrogen-bond donors (Lipinski definition) is 0. The van der Waals surface area contributed by atoms with Crippen LogP contribution in [0.4, 0.5) is 0 Å². The van der Waals surface area contributed by atoms with Gasteiger partial charge in [-0.2, -0.15) is 0 Å². The highest BCUT2D eigenvalue weighted by atomic mass is 16.6. The van der Waals surface area contributed by atoms with Crippen LogP contribution in [0.25, 0.3) is 0 Å². The van der Waals surface area contributed by atoms with E-state index in [0.29, 0.717) is 42.8 Å². The van der Waals surface area contributed by atoms with Gasteiger partial charge in [0.1, 0.15) is 17.1 Å². The Morgan fingerprint density at radius 1 is 1.07 bits per heavy atom. The second kappa shape index (κ2) is 7.45. The maximum absolute atomic E-state index is 12.3. The SMILES string of the molecule is CC(=O)O[C@@H]1C2=C(CCC3=C2OC(=O)CC3)OC(C)(C)[C@@H]1OC(=O)C=C(C)C. The first-order valence-corrected chi connectivity index (χ1v) is 9.46. The molecule has 0 amide bonds. The number of fused-ring (bicyclic) bond motifs is 1. The predicted molar refractivity (Wildman–Crippen MR) is 98.6 cm³/mol. The predicted octanol–water partition coefficient (Wildman–Crippen LogP) is 3.24. The van der Waals surface area contributed by atoms with Crippen LogP contribution in [0.5, 0.6) is 0 Å². The van der Waals surface area contributed by atoms with Gasteiger partial charge in [-0.25, -0.2) is 4.79 Å². The van der Waals surface area contributed by atoms with Gasteiger partial charge in [-0.15, -0.1) is 0 Å². The zero-order valence-electron chi connectivity index (χ0n) is 16.9. The zero-order chi connectivity index (χ0) is 20.6. The summed E-state index contributed by atoms with van der Waals surface area (Å²) in [6.07, 6.45) is 1.81. The van der Waals surface area contributed by atoms with Crippen LogP contribution >= 0.6 is 0 Å². The standard InChI is InChI=1S/C21H26O7/c1-11(2)10-16(24)27-20-19(25-12(3)22)17-14(28-21(20,4)5)8-6-13-7-9-15(23)26-18(13)17/h10,19-20H,6-9H2,1-5H3/t19-,20-/m1/s1. The van der Waals surface area contributed by atoms with Gasteiger partial charge in [0.05, 0.1) is 5.57 Å². The van der Waals surface area contributed by atoms with Crippen molar-refractivity contribution in [2.75, 3.05) is 0 Å². The van der Waals surface area contributed by atoms with Crippen molar-refractivity contribution in [1.82, 2.24) is 0 Å². The lowest BCUT2D eigenvalue weighted by Crippen LogP contribution is -2.55. The average molecular weight is 390 g/mol. The molecule has 0 radical (unpaired) electrons. The maximum Gasteiger partial charge on any atom is 0.331 e. The fourth-order valence-corrected chi connectivity index (χ4v) is 3.80. The van der Waals surface area contributed by atoms with Crippen molar-refractivity contribution in [3.8, 4) is 0 Å². The Bertz CT molecular complexity index is 809. The summed E-state index contributed by atoms with van der Waals surface area (Å²) in [5, 5.41) is 0. The van der Waals surface area contributed by atoms with Crippen molar-refractivity contribution in [1.29, 1.82) is 0 Å². The normalized spacial score (nSPS) is 25.7. The third-order valence-corrected chi connectivity index (χ3v) is 4.94. The quantitative estimate of drug-likeness (QED) is 0.415. The van der Waals surface area contributed by atoms with Crippen LogP contribution in [-0.2, 0) is 33.3 Å². The second-order valence-corrected chi connectivity index (χ2v) is 8.06. The van der Waals surface area contributed by atoms with E-state index in [4.69, 9.17) is 18.9 Å². The largest absolute Gasteiger partial charge is 0.488 e. The Morgan fingerprint density at radius 3 is 2.39 bits per heavy atom. The minimum atomic E-state index is -0.930. The van der Waals surface area contributed by atoms with Gasteiger partial charge in [-0.3, -0.25) is 9.59 Å². The molecule has 2 aliphatic heterocycles. The van der Waals surface area contributed by atoms with Crippen LogP contribution in [0.1, 0.15) is 60.3 Å². The molecule has 0 spiro atoms. The van der Waals surface area contributed by atoms with Crippen molar-refractivity contribution < 1.29 is 33.3 Å². The van der Waals surface area contributed by atoms with Gasteiger partial charge in [0.25, 0.3) is 0 Å². The molecule has 0 saturated carbocycles. The molecule has 0 bridgehead atoms. The first-order chi connectivity index (χ1) is 13.1. The third kappa shape index (κ3) is 3.98. The molecule has 28 heavy (non-hydrogen) atoms. The Morgan fingerprint density at radius 2 is 1.75 bits per heavy atom. The number of ether oxygens (including phenoxy) is 4. The van der Waals surface area contributed by atoms with E-state index in [1.54, 1.807) is 27.7 Å². The molecule has 0 unspecified atom stereocenters. The molecule has 0 aromatic rings. The Kier molecular flexibility index (Phi) is 5.37. The van der Waals surface area contributed by atoms with Crippen molar-refractivity contribution in [3.05, 3.63) is 34.3 Å². The van der Waals surface area contributed by atoms with Crippen molar-refractivity contribution in [2.45, 2.75) is 78.1 Å². The molecule has 0 saturated heterocycles. The number of carbonyl (C=O) groups is 3. The van der Waals surface area contributed by atoms with Gasteiger partial charge < -0.3 is 18.9 Å². The summed E-state index contributed by atoms with van der Waals surface area (Å²) in [5.74, 6) is -0.389. The summed E-state index contributed by atoms with van der Waals surface area (Å²) in [6, 6.07) is 0. The van der Waals surface area contributed by atoms with Gasteiger partial charge in [0.15, 0.2) is 12.2 Å². The maximum atomic E-state index is 12.3. The molecule has 7 nitrogen and oxygen atoms in total. The minimum Gasteiger partial charge on any atom is -0.488 e. The average Bonchev–Trinajstić information content (AvgIpc) is 2.56. The Labute approximate surface area is 164 Å². The van der Waals surface area contributed by atoms with Crippen LogP contribution in [-0.4, -0.2) is 35.7 Å². The number of allylic oxidation sites excluding steroid dienone is 3. The summed E-state index contributed by atoms with van der Waals surface area (Å²) in [7, 11) is 0. The van der Waals surface area contributed by atoms with Gasteiger partial charge in [-0.1, -0.05) is 5.57 Å². The van der Waals surface area contributed by atoms with Crippen molar-refractivity contribution in [2.24, 2.45) is 0 Å². The molecule has 0 N–H and O–H groups in total. The van der Waals surface area contributed by atoms with E-state index < -0.39 is 29.7 Å². The summed E-state index contributed by atoms with van der Waals surface area (Å²) in [4.78, 5) is 36.1. The van der Waals surface area contributed by atoms with E-state index >= 15 is 0 Å².